The van der Waals surface area contributed by atoms with Crippen molar-refractivity contribution in [1.29, 1.82) is 0 Å². The van der Waals surface area contributed by atoms with E-state index in [-0.39, 0.29) is 12.4 Å². The third-order valence-electron chi connectivity index (χ3n) is 5.57. The van der Waals surface area contributed by atoms with Crippen molar-refractivity contribution in [3.8, 4) is 23.0 Å². The monoisotopic (exact) mass is 518 g/mol. The van der Waals surface area contributed by atoms with Crippen molar-refractivity contribution in [1.82, 2.24) is 5.43 Å². The quantitative estimate of drug-likeness (QED) is 0.102. The average molecular weight is 519 g/mol. The van der Waals surface area contributed by atoms with Gasteiger partial charge in [-0.1, -0.05) is 39.3 Å². The third kappa shape index (κ3) is 8.65. The largest absolute Gasteiger partial charge is 0.494 e. The summed E-state index contributed by atoms with van der Waals surface area (Å²) in [6.07, 6.45) is 3.48. The molecule has 0 radical (unpaired) electrons. The molecule has 0 bridgehead atoms. The number of benzene rings is 3. The lowest BCUT2D eigenvalue weighted by atomic mass is 10.0. The molecule has 0 heterocycles. The van der Waals surface area contributed by atoms with Gasteiger partial charge in [0.1, 0.15) is 11.5 Å². The molecule has 200 valence electrons. The fourth-order valence-corrected chi connectivity index (χ4v) is 3.34. The zero-order valence-corrected chi connectivity index (χ0v) is 22.2. The lowest BCUT2D eigenvalue weighted by Gasteiger charge is -2.10. The van der Waals surface area contributed by atoms with Crippen molar-refractivity contribution in [2.24, 2.45) is 5.10 Å². The molecule has 0 spiro atoms. The van der Waals surface area contributed by atoms with Crippen molar-refractivity contribution in [2.75, 3.05) is 20.3 Å². The molecule has 0 saturated carbocycles. The number of methoxy groups -OCH3 is 1. The first-order chi connectivity index (χ1) is 18.4. The fourth-order valence-electron chi connectivity index (χ4n) is 3.34. The van der Waals surface area contributed by atoms with Gasteiger partial charge in [-0.25, -0.2) is 10.2 Å². The Balaban J connectivity index is 1.51. The van der Waals surface area contributed by atoms with Gasteiger partial charge in [0, 0.05) is 0 Å². The Bertz CT molecular complexity index is 1220. The number of hydrazone groups is 1. The molecule has 0 atom stereocenters. The number of esters is 1. The number of carbonyl (C=O) groups is 2. The number of nitrogens with one attached hydrogen (secondary N) is 1. The summed E-state index contributed by atoms with van der Waals surface area (Å²) in [6.45, 7) is 6.79. The summed E-state index contributed by atoms with van der Waals surface area (Å²) in [4.78, 5) is 24.7. The summed E-state index contributed by atoms with van der Waals surface area (Å²) in [5.74, 6) is 1.44. The Morgan fingerprint density at radius 3 is 2.26 bits per heavy atom. The minimum absolute atomic E-state index is 0.164. The SMILES string of the molecule is CCCCOc1ccc(C(=O)Oc2ccc(C=NNC(=O)COc3ccc(C(C)C)cc3)cc2OC)cc1. The Hall–Kier alpha value is -4.33. The molecule has 1 N–H and O–H groups in total. The molecule has 0 aromatic heterocycles. The van der Waals surface area contributed by atoms with Crippen LogP contribution in [0.4, 0.5) is 0 Å². The highest BCUT2D eigenvalue weighted by molar-refractivity contribution is 5.92. The van der Waals surface area contributed by atoms with Crippen LogP contribution in [-0.2, 0) is 4.79 Å². The highest BCUT2D eigenvalue weighted by Crippen LogP contribution is 2.28. The Labute approximate surface area is 223 Å². The molecule has 8 heteroatoms. The maximum Gasteiger partial charge on any atom is 0.343 e. The first kappa shape index (κ1) is 28.2. The molecule has 0 aliphatic rings. The van der Waals surface area contributed by atoms with E-state index in [1.165, 1.54) is 18.9 Å². The molecule has 3 rings (SSSR count). The van der Waals surface area contributed by atoms with Gasteiger partial charge in [0.2, 0.25) is 0 Å². The summed E-state index contributed by atoms with van der Waals surface area (Å²) in [7, 11) is 1.48. The highest BCUT2D eigenvalue weighted by Gasteiger charge is 2.13. The lowest BCUT2D eigenvalue weighted by molar-refractivity contribution is -0.123. The normalized spacial score (nSPS) is 10.9. The second kappa shape index (κ2) is 14.4. The van der Waals surface area contributed by atoms with Gasteiger partial charge in [0.15, 0.2) is 18.1 Å². The van der Waals surface area contributed by atoms with Gasteiger partial charge < -0.3 is 18.9 Å². The maximum absolute atomic E-state index is 12.6. The van der Waals surface area contributed by atoms with E-state index in [0.29, 0.717) is 40.9 Å². The second-order valence-electron chi connectivity index (χ2n) is 8.83. The fraction of sp³-hybridized carbons (Fsp3) is 0.300. The molecule has 0 unspecified atom stereocenters. The van der Waals surface area contributed by atoms with Crippen molar-refractivity contribution in [2.45, 2.75) is 39.5 Å². The number of hydrogen-bond acceptors (Lipinski definition) is 7. The van der Waals surface area contributed by atoms with Crippen molar-refractivity contribution < 1.29 is 28.5 Å². The molecular weight excluding hydrogens is 484 g/mol. The molecule has 8 nitrogen and oxygen atoms in total. The lowest BCUT2D eigenvalue weighted by Crippen LogP contribution is -2.24. The van der Waals surface area contributed by atoms with E-state index >= 15 is 0 Å². The zero-order chi connectivity index (χ0) is 27.3. The number of rotatable bonds is 13. The van der Waals surface area contributed by atoms with Crippen molar-refractivity contribution >= 4 is 18.1 Å². The smallest absolute Gasteiger partial charge is 0.343 e. The highest BCUT2D eigenvalue weighted by atomic mass is 16.6. The van der Waals surface area contributed by atoms with Crippen molar-refractivity contribution in [3.05, 3.63) is 83.4 Å². The van der Waals surface area contributed by atoms with E-state index in [9.17, 15) is 9.59 Å². The number of ether oxygens (including phenoxy) is 4. The van der Waals surface area contributed by atoms with Crippen LogP contribution >= 0.6 is 0 Å². The van der Waals surface area contributed by atoms with E-state index in [2.05, 4.69) is 31.3 Å². The molecule has 0 aliphatic heterocycles. The van der Waals surface area contributed by atoms with Crippen LogP contribution in [0.2, 0.25) is 0 Å². The molecule has 38 heavy (non-hydrogen) atoms. The van der Waals surface area contributed by atoms with E-state index in [1.54, 1.807) is 42.5 Å². The van der Waals surface area contributed by atoms with Crippen LogP contribution in [-0.4, -0.2) is 38.4 Å². The minimum Gasteiger partial charge on any atom is -0.494 e. The van der Waals surface area contributed by atoms with Crippen LogP contribution < -0.4 is 24.4 Å². The summed E-state index contributed by atoms with van der Waals surface area (Å²) in [6, 6.07) is 19.4. The van der Waals surface area contributed by atoms with E-state index < -0.39 is 11.9 Å². The number of nitrogens with zero attached hydrogens (tertiary/aromatic N) is 1. The predicted molar refractivity (Wildman–Crippen MR) is 147 cm³/mol. The first-order valence-electron chi connectivity index (χ1n) is 12.6. The Morgan fingerprint density at radius 1 is 0.921 bits per heavy atom. The average Bonchev–Trinajstić information content (AvgIpc) is 2.93. The van der Waals surface area contributed by atoms with Gasteiger partial charge in [-0.05, 0) is 78.1 Å². The van der Waals surface area contributed by atoms with Crippen LogP contribution in [0.3, 0.4) is 0 Å². The first-order valence-corrected chi connectivity index (χ1v) is 12.6. The summed E-state index contributed by atoms with van der Waals surface area (Å²) in [5, 5.41) is 3.96. The third-order valence-corrected chi connectivity index (χ3v) is 5.57. The zero-order valence-electron chi connectivity index (χ0n) is 22.2. The number of unbranched alkanes of at least 4 members (excludes halogenated alkanes) is 1. The predicted octanol–water partition coefficient (Wildman–Crippen LogP) is 5.75. The summed E-state index contributed by atoms with van der Waals surface area (Å²) >= 11 is 0. The van der Waals surface area contributed by atoms with Gasteiger partial charge in [0.05, 0.1) is 25.5 Å². The second-order valence-corrected chi connectivity index (χ2v) is 8.83. The van der Waals surface area contributed by atoms with E-state index in [4.69, 9.17) is 18.9 Å². The van der Waals surface area contributed by atoms with Crippen LogP contribution in [0.25, 0.3) is 0 Å². The van der Waals surface area contributed by atoms with E-state index in [1.807, 2.05) is 24.3 Å². The molecule has 0 aliphatic carbocycles. The van der Waals surface area contributed by atoms with Crippen molar-refractivity contribution in [3.63, 3.8) is 0 Å². The molecule has 3 aromatic rings. The topological polar surface area (TPSA) is 95.5 Å². The maximum atomic E-state index is 12.6. The summed E-state index contributed by atoms with van der Waals surface area (Å²) < 4.78 is 22.0. The van der Waals surface area contributed by atoms with E-state index in [0.717, 1.165) is 12.8 Å². The molecule has 1 amide bonds. The number of amides is 1. The van der Waals surface area contributed by atoms with Crippen LogP contribution in [0, 0.1) is 0 Å². The van der Waals surface area contributed by atoms with Crippen LogP contribution in [0.1, 0.15) is 61.0 Å². The summed E-state index contributed by atoms with van der Waals surface area (Å²) in [5.41, 5.74) is 4.65. The molecule has 3 aromatic carbocycles. The standard InChI is InChI=1S/C30H34N2O6/c1-5-6-17-36-25-14-10-24(11-15-25)30(34)38-27-16-7-22(18-28(27)35-4)19-31-32-29(33)20-37-26-12-8-23(9-13-26)21(2)3/h7-16,18-19,21H,5-6,17,20H2,1-4H3,(H,32,33). The van der Waals surface area contributed by atoms with Gasteiger partial charge in [-0.3, -0.25) is 4.79 Å². The van der Waals surface area contributed by atoms with Gasteiger partial charge in [-0.15, -0.1) is 0 Å². The van der Waals surface area contributed by atoms with Gasteiger partial charge in [-0.2, -0.15) is 5.10 Å². The Kier molecular flexibility index (Phi) is 10.7. The van der Waals surface area contributed by atoms with Crippen LogP contribution in [0.15, 0.2) is 71.8 Å². The molecule has 0 fully saturated rings. The number of carbonyl (C=O) groups excluding carboxylic acids is 2. The molecule has 0 saturated heterocycles. The Morgan fingerprint density at radius 2 is 1.61 bits per heavy atom. The van der Waals surface area contributed by atoms with Gasteiger partial charge >= 0.3 is 5.97 Å². The van der Waals surface area contributed by atoms with Gasteiger partial charge in [0.25, 0.3) is 5.91 Å². The number of hydrogen-bond donors (Lipinski definition) is 1. The van der Waals surface area contributed by atoms with Crippen LogP contribution in [0.5, 0.6) is 23.0 Å². The minimum atomic E-state index is -0.518. The molecular formula is C30H34N2O6.